The van der Waals surface area contributed by atoms with Crippen LogP contribution < -0.4 is 4.74 Å². The van der Waals surface area contributed by atoms with Gasteiger partial charge in [0.15, 0.2) is 0 Å². The number of alkyl halides is 1. The van der Waals surface area contributed by atoms with Crippen molar-refractivity contribution in [1.82, 2.24) is 4.98 Å². The van der Waals surface area contributed by atoms with Gasteiger partial charge in [-0.05, 0) is 37.0 Å². The van der Waals surface area contributed by atoms with Gasteiger partial charge in [-0.15, -0.1) is 0 Å². The molecule has 0 saturated heterocycles. The van der Waals surface area contributed by atoms with Gasteiger partial charge in [-0.1, -0.05) is 89.5 Å². The maximum absolute atomic E-state index is 14.0. The van der Waals surface area contributed by atoms with Gasteiger partial charge in [0.2, 0.25) is 0 Å². The lowest BCUT2D eigenvalue weighted by atomic mass is 10.0. The summed E-state index contributed by atoms with van der Waals surface area (Å²) in [4.78, 5) is 4.49. The second-order valence-corrected chi connectivity index (χ2v) is 8.00. The van der Waals surface area contributed by atoms with Crippen molar-refractivity contribution in [2.45, 2.75) is 90.6 Å². The molecule has 0 N–H and O–H groups in total. The number of aromatic nitrogens is 1. The number of pyridine rings is 1. The molecule has 1 heterocycles. The first-order chi connectivity index (χ1) is 14.2. The SMILES string of the molecule is CCCCCCCCC(F)COc1ccc(-c2ccc(CCCCC)cc2)nc1. The first-order valence-electron chi connectivity index (χ1n) is 11.5. The molecule has 3 heteroatoms. The van der Waals surface area contributed by atoms with Crippen LogP contribution in [-0.4, -0.2) is 17.8 Å². The van der Waals surface area contributed by atoms with Crippen LogP contribution in [0.4, 0.5) is 4.39 Å². The van der Waals surface area contributed by atoms with Gasteiger partial charge in [0.1, 0.15) is 18.5 Å². The van der Waals surface area contributed by atoms with Crippen LogP contribution in [0.5, 0.6) is 5.75 Å². The van der Waals surface area contributed by atoms with Gasteiger partial charge in [0.05, 0.1) is 11.9 Å². The Balaban J connectivity index is 1.71. The topological polar surface area (TPSA) is 22.1 Å². The van der Waals surface area contributed by atoms with Crippen molar-refractivity contribution < 1.29 is 9.13 Å². The Hall–Kier alpha value is -1.90. The van der Waals surface area contributed by atoms with Crippen molar-refractivity contribution in [2.75, 3.05) is 6.61 Å². The Morgan fingerprint density at radius 2 is 1.52 bits per heavy atom. The van der Waals surface area contributed by atoms with E-state index in [4.69, 9.17) is 4.74 Å². The lowest BCUT2D eigenvalue weighted by Gasteiger charge is -2.11. The molecule has 2 nitrogen and oxygen atoms in total. The lowest BCUT2D eigenvalue weighted by Crippen LogP contribution is -2.12. The van der Waals surface area contributed by atoms with Crippen LogP contribution in [0, 0.1) is 0 Å². The smallest absolute Gasteiger partial charge is 0.137 e. The number of ether oxygens (including phenoxy) is 1. The first-order valence-corrected chi connectivity index (χ1v) is 11.5. The van der Waals surface area contributed by atoms with Crippen molar-refractivity contribution in [3.8, 4) is 17.0 Å². The molecule has 160 valence electrons. The van der Waals surface area contributed by atoms with E-state index in [1.165, 1.54) is 50.5 Å². The minimum absolute atomic E-state index is 0.114. The Kier molecular flexibility index (Phi) is 11.4. The molecule has 2 aromatic rings. The van der Waals surface area contributed by atoms with Crippen LogP contribution in [0.1, 0.15) is 83.6 Å². The Labute approximate surface area is 176 Å². The normalized spacial score (nSPS) is 12.1. The Bertz CT molecular complexity index is 653. The molecule has 0 saturated carbocycles. The predicted molar refractivity (Wildman–Crippen MR) is 121 cm³/mol. The Morgan fingerprint density at radius 3 is 2.21 bits per heavy atom. The molecular weight excluding hydrogens is 361 g/mol. The molecule has 0 spiro atoms. The molecule has 2 rings (SSSR count). The number of rotatable bonds is 15. The van der Waals surface area contributed by atoms with Gasteiger partial charge in [-0.3, -0.25) is 4.98 Å². The predicted octanol–water partition coefficient (Wildman–Crippen LogP) is 7.95. The first kappa shape index (κ1) is 23.4. The average molecular weight is 400 g/mol. The monoisotopic (exact) mass is 399 g/mol. The highest BCUT2D eigenvalue weighted by atomic mass is 19.1. The number of halogens is 1. The molecule has 0 amide bonds. The molecule has 29 heavy (non-hydrogen) atoms. The molecular formula is C26H38FNO. The second kappa shape index (κ2) is 14.1. The summed E-state index contributed by atoms with van der Waals surface area (Å²) in [5, 5.41) is 0. The summed E-state index contributed by atoms with van der Waals surface area (Å²) >= 11 is 0. The second-order valence-electron chi connectivity index (χ2n) is 8.00. The number of aryl methyl sites for hydroxylation is 1. The number of hydrogen-bond donors (Lipinski definition) is 0. The van der Waals surface area contributed by atoms with E-state index in [2.05, 4.69) is 43.1 Å². The van der Waals surface area contributed by atoms with E-state index in [-0.39, 0.29) is 6.61 Å². The highest BCUT2D eigenvalue weighted by Gasteiger charge is 2.08. The zero-order valence-electron chi connectivity index (χ0n) is 18.3. The number of benzene rings is 1. The number of hydrogen-bond acceptors (Lipinski definition) is 2. The molecule has 1 aromatic heterocycles. The van der Waals surface area contributed by atoms with Crippen molar-refractivity contribution in [2.24, 2.45) is 0 Å². The molecule has 0 bridgehead atoms. The lowest BCUT2D eigenvalue weighted by molar-refractivity contribution is 0.183. The van der Waals surface area contributed by atoms with Gasteiger partial charge in [0.25, 0.3) is 0 Å². The van der Waals surface area contributed by atoms with E-state index >= 15 is 0 Å². The van der Waals surface area contributed by atoms with Crippen molar-refractivity contribution in [3.63, 3.8) is 0 Å². The summed E-state index contributed by atoms with van der Waals surface area (Å²) in [5.41, 5.74) is 3.39. The van der Waals surface area contributed by atoms with Crippen LogP contribution in [0.3, 0.4) is 0 Å². The summed E-state index contributed by atoms with van der Waals surface area (Å²) in [5.74, 6) is 0.635. The highest BCUT2D eigenvalue weighted by Crippen LogP contribution is 2.21. The van der Waals surface area contributed by atoms with Crippen LogP contribution >= 0.6 is 0 Å². The van der Waals surface area contributed by atoms with E-state index in [9.17, 15) is 4.39 Å². The molecule has 1 atom stereocenters. The van der Waals surface area contributed by atoms with Gasteiger partial charge in [-0.2, -0.15) is 0 Å². The standard InChI is InChI=1S/C26H38FNO/c1-3-5-7-8-9-11-13-24(27)21-29-25-18-19-26(28-20-25)23-16-14-22(15-17-23)12-10-6-4-2/h14-20,24H,3-13,21H2,1-2H3. The van der Waals surface area contributed by atoms with Gasteiger partial charge < -0.3 is 4.74 Å². The van der Waals surface area contributed by atoms with Gasteiger partial charge in [-0.25, -0.2) is 4.39 Å². The quantitative estimate of drug-likeness (QED) is 0.283. The fourth-order valence-corrected chi connectivity index (χ4v) is 3.47. The third-order valence-corrected chi connectivity index (χ3v) is 5.36. The fourth-order valence-electron chi connectivity index (χ4n) is 3.47. The van der Waals surface area contributed by atoms with Crippen LogP contribution in [0.25, 0.3) is 11.3 Å². The van der Waals surface area contributed by atoms with Crippen LogP contribution in [-0.2, 0) is 6.42 Å². The van der Waals surface area contributed by atoms with Crippen LogP contribution in [0.15, 0.2) is 42.6 Å². The largest absolute Gasteiger partial charge is 0.489 e. The van der Waals surface area contributed by atoms with E-state index in [1.807, 2.05) is 12.1 Å². The Morgan fingerprint density at radius 1 is 0.828 bits per heavy atom. The summed E-state index contributed by atoms with van der Waals surface area (Å²) < 4.78 is 19.6. The third-order valence-electron chi connectivity index (χ3n) is 5.36. The zero-order chi connectivity index (χ0) is 20.7. The highest BCUT2D eigenvalue weighted by molar-refractivity contribution is 5.59. The molecule has 0 radical (unpaired) electrons. The van der Waals surface area contributed by atoms with Gasteiger partial charge in [0, 0.05) is 5.56 Å². The minimum Gasteiger partial charge on any atom is -0.489 e. The molecule has 0 aliphatic carbocycles. The van der Waals surface area contributed by atoms with Crippen LogP contribution in [0.2, 0.25) is 0 Å². The zero-order valence-corrected chi connectivity index (χ0v) is 18.3. The van der Waals surface area contributed by atoms with E-state index in [0.29, 0.717) is 12.2 Å². The van der Waals surface area contributed by atoms with Crippen molar-refractivity contribution in [1.29, 1.82) is 0 Å². The van der Waals surface area contributed by atoms with E-state index < -0.39 is 6.17 Å². The summed E-state index contributed by atoms with van der Waals surface area (Å²) in [6, 6.07) is 12.5. The number of unbranched alkanes of at least 4 members (excludes halogenated alkanes) is 7. The maximum atomic E-state index is 14.0. The molecule has 0 fully saturated rings. The third kappa shape index (κ3) is 9.43. The van der Waals surface area contributed by atoms with Crippen molar-refractivity contribution in [3.05, 3.63) is 48.2 Å². The maximum Gasteiger partial charge on any atom is 0.137 e. The molecule has 0 aliphatic heterocycles. The molecule has 0 aliphatic rings. The van der Waals surface area contributed by atoms with Crippen molar-refractivity contribution >= 4 is 0 Å². The van der Waals surface area contributed by atoms with Gasteiger partial charge >= 0.3 is 0 Å². The summed E-state index contributed by atoms with van der Waals surface area (Å²) in [7, 11) is 0. The fraction of sp³-hybridized carbons (Fsp3) is 0.577. The molecule has 1 aromatic carbocycles. The molecule has 1 unspecified atom stereocenters. The summed E-state index contributed by atoms with van der Waals surface area (Å²) in [6.07, 6.45) is 13.4. The summed E-state index contributed by atoms with van der Waals surface area (Å²) in [6.45, 7) is 4.55. The van der Waals surface area contributed by atoms with E-state index in [1.54, 1.807) is 6.20 Å². The average Bonchev–Trinajstić information content (AvgIpc) is 2.76. The number of nitrogens with zero attached hydrogens (tertiary/aromatic N) is 1. The van der Waals surface area contributed by atoms with E-state index in [0.717, 1.165) is 30.5 Å². The minimum atomic E-state index is -0.902.